The first kappa shape index (κ1) is 16.0. The number of carbonyl (C=O) groups is 1. The second-order valence-corrected chi connectivity index (χ2v) is 6.23. The summed E-state index contributed by atoms with van der Waals surface area (Å²) in [5.74, 6) is -0.599. The maximum atomic E-state index is 11.6. The molecule has 3 heteroatoms. The number of likely N-dealkylation sites (tertiary alicyclic amines) is 1. The fraction of sp³-hybridized carbons (Fsp3) is 0.611. The molecule has 0 saturated carbocycles. The summed E-state index contributed by atoms with van der Waals surface area (Å²) < 4.78 is 0. The summed E-state index contributed by atoms with van der Waals surface area (Å²) in [4.78, 5) is 14.0. The van der Waals surface area contributed by atoms with Crippen LogP contribution >= 0.6 is 0 Å². The lowest BCUT2D eigenvalue weighted by Gasteiger charge is -2.39. The summed E-state index contributed by atoms with van der Waals surface area (Å²) in [6.07, 6.45) is 4.38. The molecule has 1 heterocycles. The Morgan fingerprint density at radius 2 is 1.81 bits per heavy atom. The van der Waals surface area contributed by atoms with Crippen molar-refractivity contribution in [2.45, 2.75) is 52.5 Å². The highest BCUT2D eigenvalue weighted by Gasteiger charge is 2.40. The molecule has 0 spiro atoms. The molecule has 0 unspecified atom stereocenters. The number of nitrogens with zero attached hydrogens (tertiary/aromatic N) is 1. The third kappa shape index (κ3) is 3.65. The number of carboxylic acid groups (broad SMARTS) is 1. The molecule has 2 rings (SSSR count). The fourth-order valence-electron chi connectivity index (χ4n) is 3.49. The smallest absolute Gasteiger partial charge is 0.309 e. The molecule has 0 aromatic heterocycles. The van der Waals surface area contributed by atoms with Crippen molar-refractivity contribution in [3.05, 3.63) is 35.4 Å². The van der Waals surface area contributed by atoms with Crippen LogP contribution in [0.25, 0.3) is 0 Å². The van der Waals surface area contributed by atoms with Gasteiger partial charge in [0.05, 0.1) is 5.41 Å². The lowest BCUT2D eigenvalue weighted by Crippen LogP contribution is -2.44. The summed E-state index contributed by atoms with van der Waals surface area (Å²) >= 11 is 0. The van der Waals surface area contributed by atoms with Crippen molar-refractivity contribution >= 4 is 5.97 Å². The summed E-state index contributed by atoms with van der Waals surface area (Å²) in [6, 6.07) is 8.58. The van der Waals surface area contributed by atoms with Crippen molar-refractivity contribution in [2.75, 3.05) is 13.1 Å². The van der Waals surface area contributed by atoms with E-state index in [1.54, 1.807) is 0 Å². The molecule has 0 atom stereocenters. The molecule has 3 nitrogen and oxygen atoms in total. The minimum atomic E-state index is -0.599. The molecule has 1 aliphatic rings. The normalized spacial score (nSPS) is 18.6. The zero-order valence-electron chi connectivity index (χ0n) is 13.3. The minimum Gasteiger partial charge on any atom is -0.481 e. The van der Waals surface area contributed by atoms with E-state index in [2.05, 4.69) is 43.0 Å². The zero-order chi connectivity index (χ0) is 15.3. The van der Waals surface area contributed by atoms with Crippen molar-refractivity contribution in [3.63, 3.8) is 0 Å². The molecule has 0 radical (unpaired) electrons. The van der Waals surface area contributed by atoms with Crippen LogP contribution < -0.4 is 0 Å². The lowest BCUT2D eigenvalue weighted by atomic mass is 9.75. The van der Waals surface area contributed by atoms with Crippen LogP contribution in [-0.2, 0) is 17.8 Å². The number of benzene rings is 1. The highest BCUT2D eigenvalue weighted by atomic mass is 16.4. The first-order chi connectivity index (χ1) is 10.1. The summed E-state index contributed by atoms with van der Waals surface area (Å²) in [5.41, 5.74) is 2.31. The molecule has 1 aliphatic heterocycles. The van der Waals surface area contributed by atoms with Gasteiger partial charge in [-0.05, 0) is 49.9 Å². The van der Waals surface area contributed by atoms with E-state index in [-0.39, 0.29) is 0 Å². The van der Waals surface area contributed by atoms with Crippen LogP contribution in [0.2, 0.25) is 0 Å². The first-order valence-electron chi connectivity index (χ1n) is 8.14. The van der Waals surface area contributed by atoms with Gasteiger partial charge in [0.1, 0.15) is 0 Å². The topological polar surface area (TPSA) is 40.5 Å². The second kappa shape index (κ2) is 7.08. The SMILES string of the molecule is CCCC1(C(=O)O)CCN(Cc2ccccc2CC)CC1. The molecule has 1 N–H and O–H groups in total. The Bertz CT molecular complexity index is 476. The van der Waals surface area contributed by atoms with Gasteiger partial charge in [0.2, 0.25) is 0 Å². The van der Waals surface area contributed by atoms with Crippen LogP contribution in [0.15, 0.2) is 24.3 Å². The Morgan fingerprint density at radius 1 is 1.19 bits per heavy atom. The average molecular weight is 289 g/mol. The number of hydrogen-bond donors (Lipinski definition) is 1. The van der Waals surface area contributed by atoms with Crippen LogP contribution in [0.5, 0.6) is 0 Å². The number of rotatable bonds is 6. The molecule has 0 bridgehead atoms. The predicted octanol–water partition coefficient (Wildman–Crippen LogP) is 3.72. The molecule has 1 aromatic rings. The van der Waals surface area contributed by atoms with Crippen LogP contribution in [0.1, 0.15) is 50.7 Å². The van der Waals surface area contributed by atoms with Gasteiger partial charge >= 0.3 is 5.97 Å². The second-order valence-electron chi connectivity index (χ2n) is 6.23. The van der Waals surface area contributed by atoms with Gasteiger partial charge in [0.25, 0.3) is 0 Å². The Balaban J connectivity index is 1.99. The van der Waals surface area contributed by atoms with E-state index in [9.17, 15) is 9.90 Å². The standard InChI is InChI=1S/C18H27NO2/c1-3-9-18(17(20)21)10-12-19(13-11-18)14-16-8-6-5-7-15(16)4-2/h5-8H,3-4,9-14H2,1-2H3,(H,20,21). The Hall–Kier alpha value is -1.35. The molecule has 116 valence electrons. The Labute approximate surface area is 128 Å². The molecule has 1 aromatic carbocycles. The number of aliphatic carboxylic acids is 1. The highest BCUT2D eigenvalue weighted by molar-refractivity contribution is 5.74. The molecule has 1 saturated heterocycles. The van der Waals surface area contributed by atoms with Crippen LogP contribution in [0.3, 0.4) is 0 Å². The minimum absolute atomic E-state index is 0.477. The third-order valence-electron chi connectivity index (χ3n) is 4.89. The predicted molar refractivity (Wildman–Crippen MR) is 85.3 cm³/mol. The van der Waals surface area contributed by atoms with E-state index >= 15 is 0 Å². The van der Waals surface area contributed by atoms with Crippen molar-refractivity contribution < 1.29 is 9.90 Å². The zero-order valence-corrected chi connectivity index (χ0v) is 13.3. The maximum Gasteiger partial charge on any atom is 0.309 e. The monoisotopic (exact) mass is 289 g/mol. The van der Waals surface area contributed by atoms with Gasteiger partial charge in [0, 0.05) is 6.54 Å². The number of hydrogen-bond acceptors (Lipinski definition) is 2. The quantitative estimate of drug-likeness (QED) is 0.867. The summed E-state index contributed by atoms with van der Waals surface area (Å²) in [7, 11) is 0. The van der Waals surface area contributed by atoms with E-state index in [1.807, 2.05) is 0 Å². The summed E-state index contributed by atoms with van der Waals surface area (Å²) in [6.45, 7) is 7.00. The van der Waals surface area contributed by atoms with Gasteiger partial charge in [0.15, 0.2) is 0 Å². The van der Waals surface area contributed by atoms with Gasteiger partial charge in [-0.1, -0.05) is 44.5 Å². The van der Waals surface area contributed by atoms with Crippen molar-refractivity contribution in [1.82, 2.24) is 4.90 Å². The van der Waals surface area contributed by atoms with E-state index in [0.29, 0.717) is 0 Å². The van der Waals surface area contributed by atoms with Gasteiger partial charge in [-0.25, -0.2) is 0 Å². The molecular formula is C18H27NO2. The fourth-order valence-corrected chi connectivity index (χ4v) is 3.49. The van der Waals surface area contributed by atoms with Gasteiger partial charge in [-0.3, -0.25) is 9.69 Å². The Morgan fingerprint density at radius 3 is 2.33 bits per heavy atom. The maximum absolute atomic E-state index is 11.6. The molecule has 0 amide bonds. The van der Waals surface area contributed by atoms with Crippen LogP contribution in [0.4, 0.5) is 0 Å². The molecule has 0 aliphatic carbocycles. The van der Waals surface area contributed by atoms with Gasteiger partial charge in [-0.15, -0.1) is 0 Å². The van der Waals surface area contributed by atoms with Crippen LogP contribution in [-0.4, -0.2) is 29.1 Å². The number of aryl methyl sites for hydroxylation is 1. The third-order valence-corrected chi connectivity index (χ3v) is 4.89. The van der Waals surface area contributed by atoms with Crippen molar-refractivity contribution in [3.8, 4) is 0 Å². The van der Waals surface area contributed by atoms with E-state index < -0.39 is 11.4 Å². The van der Waals surface area contributed by atoms with E-state index in [1.165, 1.54) is 11.1 Å². The number of carboxylic acids is 1. The van der Waals surface area contributed by atoms with Gasteiger partial charge in [-0.2, -0.15) is 0 Å². The van der Waals surface area contributed by atoms with Crippen molar-refractivity contribution in [2.24, 2.45) is 5.41 Å². The Kier molecular flexibility index (Phi) is 5.40. The molecular weight excluding hydrogens is 262 g/mol. The molecule has 21 heavy (non-hydrogen) atoms. The van der Waals surface area contributed by atoms with Gasteiger partial charge < -0.3 is 5.11 Å². The number of piperidine rings is 1. The lowest BCUT2D eigenvalue weighted by molar-refractivity contribution is -0.152. The average Bonchev–Trinajstić information content (AvgIpc) is 2.50. The highest BCUT2D eigenvalue weighted by Crippen LogP contribution is 2.37. The molecule has 1 fully saturated rings. The van der Waals surface area contributed by atoms with E-state index in [0.717, 1.165) is 51.7 Å². The van der Waals surface area contributed by atoms with E-state index in [4.69, 9.17) is 0 Å². The van der Waals surface area contributed by atoms with Crippen LogP contribution in [0, 0.1) is 5.41 Å². The largest absolute Gasteiger partial charge is 0.481 e. The first-order valence-corrected chi connectivity index (χ1v) is 8.14. The summed E-state index contributed by atoms with van der Waals surface area (Å²) in [5, 5.41) is 9.56. The van der Waals surface area contributed by atoms with Crippen molar-refractivity contribution in [1.29, 1.82) is 0 Å².